The maximum atomic E-state index is 5.53. The zero-order valence-corrected chi connectivity index (χ0v) is 10.4. The van der Waals surface area contributed by atoms with Crippen molar-refractivity contribution in [3.8, 4) is 0 Å². The number of hydrogen-bond acceptors (Lipinski definition) is 1. The van der Waals surface area contributed by atoms with Gasteiger partial charge in [0.15, 0.2) is 5.96 Å². The first-order valence-corrected chi connectivity index (χ1v) is 5.58. The van der Waals surface area contributed by atoms with E-state index in [-0.39, 0.29) is 24.3 Å². The predicted octanol–water partition coefficient (Wildman–Crippen LogP) is 0.967. The second kappa shape index (κ2) is 8.21. The van der Waals surface area contributed by atoms with Crippen LogP contribution in [0.25, 0.3) is 0 Å². The van der Waals surface area contributed by atoms with Crippen LogP contribution in [0.3, 0.4) is 0 Å². The highest BCUT2D eigenvalue weighted by Crippen LogP contribution is 2.22. The van der Waals surface area contributed by atoms with E-state index in [1.54, 1.807) is 0 Å². The Kier molecular flexibility index (Phi) is 7.72. The molecule has 0 amide bonds. The second-order valence-electron chi connectivity index (χ2n) is 4.09. The summed E-state index contributed by atoms with van der Waals surface area (Å²) in [5.41, 5.74) is 15.9. The number of rotatable bonds is 2. The fraction of sp³-hybridized carbons (Fsp3) is 0.800. The molecule has 0 aromatic carbocycles. The van der Waals surface area contributed by atoms with Gasteiger partial charge in [0.2, 0.25) is 5.96 Å². The highest BCUT2D eigenvalue weighted by molar-refractivity contribution is 5.92. The van der Waals surface area contributed by atoms with Crippen molar-refractivity contribution in [2.45, 2.75) is 38.5 Å². The molecule has 0 bridgehead atoms. The summed E-state index contributed by atoms with van der Waals surface area (Å²) in [5, 5.41) is 0. The van der Waals surface area contributed by atoms with E-state index in [1.165, 1.54) is 38.5 Å². The highest BCUT2D eigenvalue weighted by atomic mass is 35.5. The van der Waals surface area contributed by atoms with Crippen LogP contribution in [0.15, 0.2) is 9.98 Å². The summed E-state index contributed by atoms with van der Waals surface area (Å²) in [6, 6.07) is 0. The van der Waals surface area contributed by atoms with Crippen molar-refractivity contribution in [3.63, 3.8) is 0 Å². The SMILES string of the molecule is Cl.NC(N)=NC(N)=NCC1CCCCCC1. The molecule has 16 heavy (non-hydrogen) atoms. The minimum absolute atomic E-state index is 0. The van der Waals surface area contributed by atoms with Gasteiger partial charge >= 0.3 is 0 Å². The van der Waals surface area contributed by atoms with Gasteiger partial charge in [-0.1, -0.05) is 25.7 Å². The monoisotopic (exact) mass is 247 g/mol. The van der Waals surface area contributed by atoms with Gasteiger partial charge in [-0.25, -0.2) is 0 Å². The molecule has 0 aromatic rings. The Balaban J connectivity index is 0.00000225. The van der Waals surface area contributed by atoms with E-state index in [4.69, 9.17) is 17.2 Å². The first-order valence-electron chi connectivity index (χ1n) is 5.58. The molecule has 6 N–H and O–H groups in total. The smallest absolute Gasteiger partial charge is 0.218 e. The van der Waals surface area contributed by atoms with Gasteiger partial charge in [0.25, 0.3) is 0 Å². The average molecular weight is 248 g/mol. The van der Waals surface area contributed by atoms with E-state index in [0.717, 1.165) is 6.54 Å². The first-order chi connectivity index (χ1) is 7.18. The van der Waals surface area contributed by atoms with Gasteiger partial charge in [0.1, 0.15) is 0 Å². The maximum absolute atomic E-state index is 5.53. The Bertz CT molecular complexity index is 240. The van der Waals surface area contributed by atoms with E-state index in [9.17, 15) is 0 Å². The lowest BCUT2D eigenvalue weighted by Gasteiger charge is -2.09. The van der Waals surface area contributed by atoms with Gasteiger partial charge in [-0.05, 0) is 18.8 Å². The van der Waals surface area contributed by atoms with Gasteiger partial charge < -0.3 is 17.2 Å². The number of guanidine groups is 2. The topological polar surface area (TPSA) is 103 Å². The van der Waals surface area contributed by atoms with Crippen LogP contribution in [0.2, 0.25) is 0 Å². The van der Waals surface area contributed by atoms with E-state index >= 15 is 0 Å². The van der Waals surface area contributed by atoms with Gasteiger partial charge in [-0.3, -0.25) is 4.99 Å². The molecular weight excluding hydrogens is 226 g/mol. The molecular formula is C10H22ClN5. The summed E-state index contributed by atoms with van der Waals surface area (Å²) in [7, 11) is 0. The largest absolute Gasteiger partial charge is 0.370 e. The van der Waals surface area contributed by atoms with Crippen LogP contribution in [0.4, 0.5) is 0 Å². The van der Waals surface area contributed by atoms with Crippen LogP contribution in [0, 0.1) is 5.92 Å². The van der Waals surface area contributed by atoms with Gasteiger partial charge in [-0.2, -0.15) is 4.99 Å². The summed E-state index contributed by atoms with van der Waals surface area (Å²) < 4.78 is 0. The Morgan fingerprint density at radius 3 is 2.06 bits per heavy atom. The number of hydrogen-bond donors (Lipinski definition) is 3. The number of halogens is 1. The molecule has 5 nitrogen and oxygen atoms in total. The fourth-order valence-electron chi connectivity index (χ4n) is 1.94. The van der Waals surface area contributed by atoms with Crippen molar-refractivity contribution >= 4 is 24.3 Å². The summed E-state index contributed by atoms with van der Waals surface area (Å²) >= 11 is 0. The van der Waals surface area contributed by atoms with Crippen molar-refractivity contribution in [2.75, 3.05) is 6.54 Å². The van der Waals surface area contributed by atoms with Crippen LogP contribution < -0.4 is 17.2 Å². The van der Waals surface area contributed by atoms with Crippen molar-refractivity contribution < 1.29 is 0 Å². The minimum atomic E-state index is -0.0304. The quantitative estimate of drug-likeness (QED) is 0.385. The van der Waals surface area contributed by atoms with Crippen molar-refractivity contribution in [1.29, 1.82) is 0 Å². The number of nitrogens with zero attached hydrogens (tertiary/aromatic N) is 2. The fourth-order valence-corrected chi connectivity index (χ4v) is 1.94. The van der Waals surface area contributed by atoms with Crippen LogP contribution in [-0.4, -0.2) is 18.5 Å². The van der Waals surface area contributed by atoms with Crippen molar-refractivity contribution in [2.24, 2.45) is 33.1 Å². The average Bonchev–Trinajstić information content (AvgIpc) is 2.41. The van der Waals surface area contributed by atoms with Gasteiger partial charge in [-0.15, -0.1) is 12.4 Å². The molecule has 1 aliphatic carbocycles. The van der Waals surface area contributed by atoms with Crippen LogP contribution in [-0.2, 0) is 0 Å². The molecule has 1 aliphatic rings. The molecule has 1 fully saturated rings. The first kappa shape index (κ1) is 15.0. The molecule has 1 saturated carbocycles. The Hall–Kier alpha value is -0.970. The van der Waals surface area contributed by atoms with Crippen LogP contribution in [0.5, 0.6) is 0 Å². The molecule has 0 heterocycles. The Morgan fingerprint density at radius 1 is 1.00 bits per heavy atom. The van der Waals surface area contributed by atoms with E-state index < -0.39 is 0 Å². The lowest BCUT2D eigenvalue weighted by Crippen LogP contribution is -2.26. The summed E-state index contributed by atoms with van der Waals surface area (Å²) in [6.07, 6.45) is 7.81. The van der Waals surface area contributed by atoms with Gasteiger partial charge in [0.05, 0.1) is 0 Å². The molecule has 0 radical (unpaired) electrons. The predicted molar refractivity (Wildman–Crippen MR) is 70.7 cm³/mol. The maximum Gasteiger partial charge on any atom is 0.218 e. The third-order valence-corrected chi connectivity index (χ3v) is 2.73. The molecule has 0 atom stereocenters. The zero-order valence-electron chi connectivity index (χ0n) is 9.56. The Morgan fingerprint density at radius 2 is 1.56 bits per heavy atom. The molecule has 0 aromatic heterocycles. The number of nitrogens with two attached hydrogens (primary N) is 3. The third-order valence-electron chi connectivity index (χ3n) is 2.73. The van der Waals surface area contributed by atoms with Crippen molar-refractivity contribution in [1.82, 2.24) is 0 Å². The normalized spacial score (nSPS) is 18.4. The van der Waals surface area contributed by atoms with Crippen LogP contribution in [0.1, 0.15) is 38.5 Å². The van der Waals surface area contributed by atoms with E-state index in [2.05, 4.69) is 9.98 Å². The molecule has 6 heteroatoms. The minimum Gasteiger partial charge on any atom is -0.370 e. The lowest BCUT2D eigenvalue weighted by atomic mass is 10.0. The molecule has 0 spiro atoms. The molecule has 94 valence electrons. The van der Waals surface area contributed by atoms with Crippen molar-refractivity contribution in [3.05, 3.63) is 0 Å². The summed E-state index contributed by atoms with van der Waals surface area (Å²) in [6.45, 7) is 0.753. The molecule has 1 rings (SSSR count). The Labute approximate surface area is 103 Å². The zero-order chi connectivity index (χ0) is 11.1. The summed E-state index contributed by atoms with van der Waals surface area (Å²) in [5.74, 6) is 0.816. The highest BCUT2D eigenvalue weighted by Gasteiger charge is 2.11. The molecule has 0 unspecified atom stereocenters. The summed E-state index contributed by atoms with van der Waals surface area (Å²) in [4.78, 5) is 7.86. The number of aliphatic imine (C=N–C) groups is 2. The van der Waals surface area contributed by atoms with E-state index in [0.29, 0.717) is 5.92 Å². The standard InChI is InChI=1S/C10H21N5.ClH/c11-9(12)15-10(13)14-7-8-5-3-1-2-4-6-8;/h8H,1-7H2,(H6,11,12,13,14,15);1H. The third kappa shape index (κ3) is 6.50. The molecule has 0 saturated heterocycles. The lowest BCUT2D eigenvalue weighted by molar-refractivity contribution is 0.472. The van der Waals surface area contributed by atoms with Gasteiger partial charge in [0, 0.05) is 6.54 Å². The van der Waals surface area contributed by atoms with Crippen LogP contribution >= 0.6 is 12.4 Å². The van der Waals surface area contributed by atoms with E-state index in [1.807, 2.05) is 0 Å². The second-order valence-corrected chi connectivity index (χ2v) is 4.09. The molecule has 0 aliphatic heterocycles.